The molecule has 0 fully saturated rings. The number of H-pyrrole nitrogens is 1. The molecule has 0 saturated carbocycles. The molecule has 0 amide bonds. The number of rotatable bonds is 7. The van der Waals surface area contributed by atoms with Gasteiger partial charge in [-0.15, -0.1) is 11.3 Å². The molecule has 31 heavy (non-hydrogen) atoms. The van der Waals surface area contributed by atoms with Crippen molar-refractivity contribution >= 4 is 39.8 Å². The highest BCUT2D eigenvalue weighted by atomic mass is 32.1. The van der Waals surface area contributed by atoms with Gasteiger partial charge in [0.1, 0.15) is 5.82 Å². The standard InChI is InChI=1S/C24H22N2O4S/c1-14-9-10-16(31-14)13-17(24-25-18-7-5-6-8-19(18)26-24)22(27)15-11-20(28-2)23(30-4)21(12-15)29-3/h5-13H,1-4H3,(H,25,26). The first kappa shape index (κ1) is 20.7. The molecule has 0 aliphatic rings. The summed E-state index contributed by atoms with van der Waals surface area (Å²) in [5.41, 5.74) is 2.52. The third kappa shape index (κ3) is 4.04. The predicted molar refractivity (Wildman–Crippen MR) is 123 cm³/mol. The van der Waals surface area contributed by atoms with Crippen molar-refractivity contribution in [1.29, 1.82) is 0 Å². The van der Waals surface area contributed by atoms with Gasteiger partial charge in [0, 0.05) is 15.3 Å². The van der Waals surface area contributed by atoms with Crippen molar-refractivity contribution in [2.24, 2.45) is 0 Å². The molecule has 158 valence electrons. The number of ketones is 1. The molecule has 0 aliphatic carbocycles. The number of para-hydroxylation sites is 2. The van der Waals surface area contributed by atoms with Gasteiger partial charge in [0.05, 0.1) is 37.9 Å². The highest BCUT2D eigenvalue weighted by Crippen LogP contribution is 2.39. The van der Waals surface area contributed by atoms with Crippen molar-refractivity contribution in [3.05, 3.63) is 69.7 Å². The number of carbonyl (C=O) groups is 1. The smallest absolute Gasteiger partial charge is 0.203 e. The van der Waals surface area contributed by atoms with Crippen LogP contribution in [0.15, 0.2) is 48.5 Å². The predicted octanol–water partition coefficient (Wildman–Crippen LogP) is 5.38. The Labute approximate surface area is 184 Å². The van der Waals surface area contributed by atoms with Crippen molar-refractivity contribution in [3.8, 4) is 17.2 Å². The van der Waals surface area contributed by atoms with Gasteiger partial charge in [-0.2, -0.15) is 0 Å². The van der Waals surface area contributed by atoms with Gasteiger partial charge in [-0.05, 0) is 49.4 Å². The second-order valence-corrected chi connectivity index (χ2v) is 8.17. The Bertz CT molecular complexity index is 1230. The van der Waals surface area contributed by atoms with E-state index in [0.29, 0.717) is 34.2 Å². The average molecular weight is 435 g/mol. The summed E-state index contributed by atoms with van der Waals surface area (Å²) in [5, 5.41) is 0. The van der Waals surface area contributed by atoms with Gasteiger partial charge in [-0.3, -0.25) is 4.79 Å². The normalized spacial score (nSPS) is 11.5. The molecule has 0 spiro atoms. The molecule has 2 aromatic carbocycles. The molecule has 7 heteroatoms. The lowest BCUT2D eigenvalue weighted by atomic mass is 10.0. The van der Waals surface area contributed by atoms with E-state index >= 15 is 0 Å². The van der Waals surface area contributed by atoms with Crippen molar-refractivity contribution in [2.75, 3.05) is 21.3 Å². The summed E-state index contributed by atoms with van der Waals surface area (Å²) in [6.07, 6.45) is 1.86. The number of thiophene rings is 1. The third-order valence-corrected chi connectivity index (χ3v) is 5.81. The van der Waals surface area contributed by atoms with Crippen LogP contribution < -0.4 is 14.2 Å². The Balaban J connectivity index is 1.87. The molecule has 6 nitrogen and oxygen atoms in total. The largest absolute Gasteiger partial charge is 0.493 e. The number of aromatic amines is 1. The number of nitrogens with zero attached hydrogens (tertiary/aromatic N) is 1. The van der Waals surface area contributed by atoms with Crippen LogP contribution in [0.1, 0.15) is 25.9 Å². The van der Waals surface area contributed by atoms with Gasteiger partial charge >= 0.3 is 0 Å². The van der Waals surface area contributed by atoms with Crippen LogP contribution in [0.25, 0.3) is 22.7 Å². The minimum Gasteiger partial charge on any atom is -0.493 e. The number of allylic oxidation sites excluding steroid dienone is 1. The molecule has 4 aromatic rings. The van der Waals surface area contributed by atoms with E-state index in [1.165, 1.54) is 21.3 Å². The van der Waals surface area contributed by atoms with Crippen LogP contribution in [0.3, 0.4) is 0 Å². The molecule has 0 aliphatic heterocycles. The summed E-state index contributed by atoms with van der Waals surface area (Å²) in [5.74, 6) is 1.57. The minimum absolute atomic E-state index is 0.204. The van der Waals surface area contributed by atoms with E-state index in [1.807, 2.05) is 49.4 Å². The van der Waals surface area contributed by atoms with Gasteiger partial charge in [-0.25, -0.2) is 4.98 Å². The number of ether oxygens (including phenoxy) is 3. The molecule has 4 rings (SSSR count). The lowest BCUT2D eigenvalue weighted by Gasteiger charge is -2.14. The Morgan fingerprint density at radius 2 is 1.71 bits per heavy atom. The van der Waals surface area contributed by atoms with E-state index in [1.54, 1.807) is 23.5 Å². The number of fused-ring (bicyclic) bond motifs is 1. The number of hydrogen-bond acceptors (Lipinski definition) is 6. The first-order valence-electron chi connectivity index (χ1n) is 9.62. The highest BCUT2D eigenvalue weighted by Gasteiger charge is 2.22. The van der Waals surface area contributed by atoms with Crippen LogP contribution >= 0.6 is 11.3 Å². The lowest BCUT2D eigenvalue weighted by molar-refractivity contribution is 0.105. The van der Waals surface area contributed by atoms with Crippen LogP contribution in [0, 0.1) is 6.92 Å². The molecule has 0 saturated heterocycles. The minimum atomic E-state index is -0.204. The number of aryl methyl sites for hydroxylation is 1. The SMILES string of the molecule is COc1cc(C(=O)C(=Cc2ccc(C)s2)c2nc3ccccc3[nH]2)cc(OC)c1OC. The fourth-order valence-corrected chi connectivity index (χ4v) is 4.18. The number of carbonyl (C=O) groups excluding carboxylic acids is 1. The quantitative estimate of drug-likeness (QED) is 0.312. The molecule has 2 aromatic heterocycles. The zero-order valence-electron chi connectivity index (χ0n) is 17.7. The van der Waals surface area contributed by atoms with E-state index in [9.17, 15) is 4.79 Å². The number of aromatic nitrogens is 2. The Kier molecular flexibility index (Phi) is 5.77. The molecular weight excluding hydrogens is 412 g/mol. The third-order valence-electron chi connectivity index (χ3n) is 4.86. The second-order valence-electron chi connectivity index (χ2n) is 6.85. The summed E-state index contributed by atoms with van der Waals surface area (Å²) in [4.78, 5) is 23.7. The first-order chi connectivity index (χ1) is 15.0. The van der Waals surface area contributed by atoms with E-state index in [-0.39, 0.29) is 5.78 Å². The van der Waals surface area contributed by atoms with Crippen LogP contribution in [0.2, 0.25) is 0 Å². The maximum atomic E-state index is 13.7. The molecule has 0 atom stereocenters. The van der Waals surface area contributed by atoms with Crippen LogP contribution in [0.5, 0.6) is 17.2 Å². The Morgan fingerprint density at radius 3 is 2.29 bits per heavy atom. The van der Waals surface area contributed by atoms with Crippen LogP contribution in [-0.4, -0.2) is 37.1 Å². The van der Waals surface area contributed by atoms with E-state index < -0.39 is 0 Å². The molecule has 0 radical (unpaired) electrons. The average Bonchev–Trinajstić information content (AvgIpc) is 3.41. The summed E-state index contributed by atoms with van der Waals surface area (Å²) in [6.45, 7) is 2.03. The van der Waals surface area contributed by atoms with Crippen molar-refractivity contribution in [3.63, 3.8) is 0 Å². The maximum absolute atomic E-state index is 13.7. The number of hydrogen-bond donors (Lipinski definition) is 1. The van der Waals surface area contributed by atoms with Gasteiger partial charge in [0.15, 0.2) is 17.3 Å². The topological polar surface area (TPSA) is 73.4 Å². The van der Waals surface area contributed by atoms with Crippen molar-refractivity contribution in [2.45, 2.75) is 6.92 Å². The van der Waals surface area contributed by atoms with E-state index in [4.69, 9.17) is 14.2 Å². The Morgan fingerprint density at radius 1 is 1.00 bits per heavy atom. The van der Waals surface area contributed by atoms with Crippen molar-refractivity contribution in [1.82, 2.24) is 9.97 Å². The van der Waals surface area contributed by atoms with E-state index in [0.717, 1.165) is 20.8 Å². The van der Waals surface area contributed by atoms with Gasteiger partial charge < -0.3 is 19.2 Å². The second kappa shape index (κ2) is 8.65. The zero-order valence-corrected chi connectivity index (χ0v) is 18.5. The van der Waals surface area contributed by atoms with Crippen LogP contribution in [-0.2, 0) is 0 Å². The van der Waals surface area contributed by atoms with Gasteiger partial charge in [0.25, 0.3) is 0 Å². The summed E-state index contributed by atoms with van der Waals surface area (Å²) < 4.78 is 16.2. The fraction of sp³-hybridized carbons (Fsp3) is 0.167. The number of nitrogens with one attached hydrogen (secondary N) is 1. The fourth-order valence-electron chi connectivity index (χ4n) is 3.36. The molecule has 2 heterocycles. The molecule has 1 N–H and O–H groups in total. The first-order valence-corrected chi connectivity index (χ1v) is 10.4. The maximum Gasteiger partial charge on any atom is 0.203 e. The van der Waals surface area contributed by atoms with Crippen molar-refractivity contribution < 1.29 is 19.0 Å². The number of Topliss-reactive ketones (excluding diaryl/α,β-unsaturated/α-hetero) is 1. The molecule has 0 unspecified atom stereocenters. The van der Waals surface area contributed by atoms with Crippen LogP contribution in [0.4, 0.5) is 0 Å². The zero-order chi connectivity index (χ0) is 22.0. The lowest BCUT2D eigenvalue weighted by Crippen LogP contribution is -2.06. The van der Waals surface area contributed by atoms with E-state index in [2.05, 4.69) is 9.97 Å². The number of imidazole rings is 1. The molecular formula is C24H22N2O4S. The number of methoxy groups -OCH3 is 3. The summed E-state index contributed by atoms with van der Waals surface area (Å²) in [7, 11) is 4.58. The summed E-state index contributed by atoms with van der Waals surface area (Å²) >= 11 is 1.61. The highest BCUT2D eigenvalue weighted by molar-refractivity contribution is 7.12. The van der Waals surface area contributed by atoms with Gasteiger partial charge in [-0.1, -0.05) is 12.1 Å². The van der Waals surface area contributed by atoms with Gasteiger partial charge in [0.2, 0.25) is 5.75 Å². The Hall–Kier alpha value is -3.58. The monoisotopic (exact) mass is 434 g/mol. The summed E-state index contributed by atoms with van der Waals surface area (Å²) in [6, 6.07) is 15.0. The number of benzene rings is 2. The molecule has 0 bridgehead atoms.